The zero-order valence-electron chi connectivity index (χ0n) is 11.7. The van der Waals surface area contributed by atoms with Crippen molar-refractivity contribution in [2.75, 3.05) is 19.6 Å². The van der Waals surface area contributed by atoms with Crippen LogP contribution in [0.4, 0.5) is 0 Å². The predicted molar refractivity (Wildman–Crippen MR) is 69.8 cm³/mol. The van der Waals surface area contributed by atoms with Gasteiger partial charge in [-0.3, -0.25) is 9.69 Å². The van der Waals surface area contributed by atoms with E-state index in [1.165, 1.54) is 0 Å². The molecule has 0 aromatic rings. The first-order chi connectivity index (χ1) is 7.89. The van der Waals surface area contributed by atoms with Crippen molar-refractivity contribution in [3.8, 4) is 0 Å². The third-order valence-electron chi connectivity index (χ3n) is 4.32. The minimum atomic E-state index is 0.258. The van der Waals surface area contributed by atoms with E-state index in [0.29, 0.717) is 17.9 Å². The summed E-state index contributed by atoms with van der Waals surface area (Å²) in [4.78, 5) is 16.5. The second kappa shape index (κ2) is 4.60. The molecule has 2 rings (SSSR count). The predicted octanol–water partition coefficient (Wildman–Crippen LogP) is 2.12. The average Bonchev–Trinajstić information content (AvgIpc) is 2.63. The fourth-order valence-electron chi connectivity index (χ4n) is 3.23. The summed E-state index contributed by atoms with van der Waals surface area (Å²) in [5, 5.41) is 0. The second-order valence-corrected chi connectivity index (χ2v) is 6.64. The number of carbonyl (C=O) groups is 1. The van der Waals surface area contributed by atoms with Gasteiger partial charge in [0.25, 0.3) is 0 Å². The molecule has 2 saturated heterocycles. The molecule has 17 heavy (non-hydrogen) atoms. The molecule has 3 nitrogen and oxygen atoms in total. The zero-order valence-corrected chi connectivity index (χ0v) is 11.7. The van der Waals surface area contributed by atoms with Crippen molar-refractivity contribution in [2.45, 2.75) is 58.5 Å². The first-order valence-corrected chi connectivity index (χ1v) is 6.94. The minimum absolute atomic E-state index is 0.258. The number of amides is 1. The third kappa shape index (κ3) is 2.65. The molecule has 0 saturated carbocycles. The van der Waals surface area contributed by atoms with Crippen LogP contribution in [-0.2, 0) is 4.79 Å². The van der Waals surface area contributed by atoms with Crippen LogP contribution >= 0.6 is 0 Å². The van der Waals surface area contributed by atoms with Crippen LogP contribution in [0, 0.1) is 5.92 Å². The minimum Gasteiger partial charge on any atom is -0.339 e. The number of likely N-dealkylation sites (tertiary alicyclic amines) is 2. The molecule has 0 spiro atoms. The van der Waals surface area contributed by atoms with Gasteiger partial charge in [0, 0.05) is 37.6 Å². The van der Waals surface area contributed by atoms with Gasteiger partial charge in [-0.2, -0.15) is 0 Å². The molecule has 0 N–H and O–H groups in total. The van der Waals surface area contributed by atoms with E-state index in [1.807, 2.05) is 0 Å². The lowest BCUT2D eigenvalue weighted by Crippen LogP contribution is -2.55. The number of piperidine rings is 1. The molecule has 0 bridgehead atoms. The van der Waals surface area contributed by atoms with Gasteiger partial charge in [-0.15, -0.1) is 0 Å². The van der Waals surface area contributed by atoms with E-state index in [2.05, 4.69) is 37.5 Å². The van der Waals surface area contributed by atoms with Crippen LogP contribution in [-0.4, -0.2) is 46.9 Å². The normalized spacial score (nSPS) is 32.2. The lowest BCUT2D eigenvalue weighted by molar-refractivity contribution is -0.132. The number of carbonyl (C=O) groups excluding carboxylic acids is 1. The van der Waals surface area contributed by atoms with Crippen LogP contribution in [0.15, 0.2) is 0 Å². The summed E-state index contributed by atoms with van der Waals surface area (Å²) in [6.07, 6.45) is 2.97. The van der Waals surface area contributed by atoms with Gasteiger partial charge in [0.1, 0.15) is 0 Å². The van der Waals surface area contributed by atoms with E-state index < -0.39 is 0 Å². The lowest BCUT2D eigenvalue weighted by atomic mass is 9.89. The molecule has 0 aromatic heterocycles. The summed E-state index contributed by atoms with van der Waals surface area (Å²) in [5.74, 6) is 0.982. The monoisotopic (exact) mass is 238 g/mol. The molecular weight excluding hydrogens is 212 g/mol. The van der Waals surface area contributed by atoms with Crippen molar-refractivity contribution in [3.63, 3.8) is 0 Å². The maximum atomic E-state index is 11.8. The van der Waals surface area contributed by atoms with Gasteiger partial charge < -0.3 is 4.90 Å². The number of rotatable bonds is 1. The Balaban J connectivity index is 1.98. The highest BCUT2D eigenvalue weighted by atomic mass is 16.2. The van der Waals surface area contributed by atoms with Crippen molar-refractivity contribution in [3.05, 3.63) is 0 Å². The zero-order chi connectivity index (χ0) is 12.6. The molecule has 98 valence electrons. The molecule has 2 unspecified atom stereocenters. The molecule has 1 amide bonds. The smallest absolute Gasteiger partial charge is 0.222 e. The van der Waals surface area contributed by atoms with Crippen molar-refractivity contribution in [1.82, 2.24) is 9.80 Å². The standard InChI is InChI=1S/C14H26N2O/c1-11-10-15(14(2,3)4)9-7-12(11)16-8-5-6-13(16)17/h11-12H,5-10H2,1-4H3. The van der Waals surface area contributed by atoms with Crippen molar-refractivity contribution >= 4 is 5.91 Å². The Kier molecular flexibility index (Phi) is 3.48. The average molecular weight is 238 g/mol. The Labute approximate surface area is 105 Å². The van der Waals surface area contributed by atoms with Crippen molar-refractivity contribution in [2.24, 2.45) is 5.92 Å². The van der Waals surface area contributed by atoms with E-state index in [4.69, 9.17) is 0 Å². The van der Waals surface area contributed by atoms with Gasteiger partial charge in [-0.1, -0.05) is 6.92 Å². The summed E-state index contributed by atoms with van der Waals surface area (Å²) in [6, 6.07) is 0.489. The van der Waals surface area contributed by atoms with Gasteiger partial charge in [-0.05, 0) is 39.5 Å². The Hall–Kier alpha value is -0.570. The van der Waals surface area contributed by atoms with Crippen LogP contribution in [0.1, 0.15) is 47.0 Å². The Morgan fingerprint density at radius 3 is 2.41 bits per heavy atom. The van der Waals surface area contributed by atoms with E-state index in [0.717, 1.165) is 38.9 Å². The fourth-order valence-corrected chi connectivity index (χ4v) is 3.23. The third-order valence-corrected chi connectivity index (χ3v) is 4.32. The first-order valence-electron chi connectivity index (χ1n) is 6.94. The van der Waals surface area contributed by atoms with Crippen LogP contribution in [0.5, 0.6) is 0 Å². The number of hydrogen-bond donors (Lipinski definition) is 0. The van der Waals surface area contributed by atoms with Crippen LogP contribution in [0.3, 0.4) is 0 Å². The van der Waals surface area contributed by atoms with Crippen molar-refractivity contribution < 1.29 is 4.79 Å². The van der Waals surface area contributed by atoms with E-state index in [1.54, 1.807) is 0 Å². The Morgan fingerprint density at radius 2 is 1.94 bits per heavy atom. The largest absolute Gasteiger partial charge is 0.339 e. The summed E-state index contributed by atoms with van der Waals surface area (Å²) >= 11 is 0. The van der Waals surface area contributed by atoms with E-state index >= 15 is 0 Å². The highest BCUT2D eigenvalue weighted by molar-refractivity contribution is 5.78. The maximum Gasteiger partial charge on any atom is 0.222 e. The molecule has 2 fully saturated rings. The highest BCUT2D eigenvalue weighted by Crippen LogP contribution is 2.29. The van der Waals surface area contributed by atoms with Crippen LogP contribution in [0.25, 0.3) is 0 Å². The first kappa shape index (κ1) is 12.9. The SMILES string of the molecule is CC1CN(C(C)(C)C)CCC1N1CCCC1=O. The molecule has 0 aromatic carbocycles. The number of nitrogens with zero attached hydrogens (tertiary/aromatic N) is 2. The summed E-state index contributed by atoms with van der Waals surface area (Å²) < 4.78 is 0. The van der Waals surface area contributed by atoms with Gasteiger partial charge in [-0.25, -0.2) is 0 Å². The van der Waals surface area contributed by atoms with Gasteiger partial charge in [0.05, 0.1) is 0 Å². The highest BCUT2D eigenvalue weighted by Gasteiger charge is 2.37. The molecule has 2 heterocycles. The van der Waals surface area contributed by atoms with Crippen LogP contribution in [0.2, 0.25) is 0 Å². The quantitative estimate of drug-likeness (QED) is 0.698. The summed E-state index contributed by atoms with van der Waals surface area (Å²) in [6.45, 7) is 12.4. The van der Waals surface area contributed by atoms with E-state index in [9.17, 15) is 4.79 Å². The maximum absolute atomic E-state index is 11.8. The molecular formula is C14H26N2O. The Bertz CT molecular complexity index is 295. The number of hydrogen-bond acceptors (Lipinski definition) is 2. The van der Waals surface area contributed by atoms with Gasteiger partial charge in [0.15, 0.2) is 0 Å². The topological polar surface area (TPSA) is 23.6 Å². The molecule has 0 radical (unpaired) electrons. The van der Waals surface area contributed by atoms with Crippen molar-refractivity contribution in [1.29, 1.82) is 0 Å². The summed E-state index contributed by atoms with van der Waals surface area (Å²) in [5.41, 5.74) is 0.258. The molecule has 0 aliphatic carbocycles. The van der Waals surface area contributed by atoms with E-state index in [-0.39, 0.29) is 5.54 Å². The summed E-state index contributed by atoms with van der Waals surface area (Å²) in [7, 11) is 0. The van der Waals surface area contributed by atoms with Gasteiger partial charge in [0.2, 0.25) is 5.91 Å². The second-order valence-electron chi connectivity index (χ2n) is 6.64. The van der Waals surface area contributed by atoms with Crippen LogP contribution < -0.4 is 0 Å². The Morgan fingerprint density at radius 1 is 1.24 bits per heavy atom. The molecule has 2 atom stereocenters. The molecule has 3 heteroatoms. The lowest BCUT2D eigenvalue weighted by Gasteiger charge is -2.46. The van der Waals surface area contributed by atoms with Gasteiger partial charge >= 0.3 is 0 Å². The molecule has 2 aliphatic heterocycles. The molecule has 2 aliphatic rings. The fraction of sp³-hybridized carbons (Fsp3) is 0.929.